The van der Waals surface area contributed by atoms with Gasteiger partial charge in [-0.15, -0.1) is 11.3 Å². The van der Waals surface area contributed by atoms with Gasteiger partial charge >= 0.3 is 11.9 Å². The number of piperazine rings is 1. The minimum atomic E-state index is -1.08. The number of aliphatic carboxylic acids is 2. The SMILES string of the molecule is CC(C)c1cc2c(s1)Cc1ccccc1N=C2N1CCN(C)[C@@H](CCc2ccccc2)C1.O=C(O)CCC(=O)O. The van der Waals surface area contributed by atoms with Crippen molar-refractivity contribution >= 4 is 34.8 Å². The Kier molecular flexibility index (Phi) is 10.1. The van der Waals surface area contributed by atoms with Crippen LogP contribution in [0.3, 0.4) is 0 Å². The molecule has 2 aliphatic rings. The molecule has 0 aliphatic carbocycles. The molecule has 2 aliphatic heterocycles. The van der Waals surface area contributed by atoms with Gasteiger partial charge in [0.25, 0.3) is 0 Å². The second kappa shape index (κ2) is 13.7. The molecule has 1 atom stereocenters. The molecule has 0 saturated carbocycles. The lowest BCUT2D eigenvalue weighted by Gasteiger charge is -2.41. The van der Waals surface area contributed by atoms with E-state index in [9.17, 15) is 9.59 Å². The smallest absolute Gasteiger partial charge is 0.303 e. The molecule has 7 nitrogen and oxygen atoms in total. The fourth-order valence-electron chi connectivity index (χ4n) is 5.05. The van der Waals surface area contributed by atoms with Crippen LogP contribution in [0.2, 0.25) is 0 Å². The van der Waals surface area contributed by atoms with Crippen molar-refractivity contribution in [2.45, 2.75) is 57.9 Å². The second-order valence-corrected chi connectivity index (χ2v) is 11.9. The van der Waals surface area contributed by atoms with Crippen molar-refractivity contribution in [2.75, 3.05) is 26.7 Å². The lowest BCUT2D eigenvalue weighted by Crippen LogP contribution is -2.53. The normalized spacial score (nSPS) is 16.8. The highest BCUT2D eigenvalue weighted by atomic mass is 32.1. The van der Waals surface area contributed by atoms with E-state index in [1.807, 2.05) is 11.3 Å². The number of para-hydroxylation sites is 1. The molecule has 1 aromatic heterocycles. The highest BCUT2D eigenvalue weighted by Gasteiger charge is 2.30. The summed E-state index contributed by atoms with van der Waals surface area (Å²) in [6.45, 7) is 7.75. The van der Waals surface area contributed by atoms with E-state index >= 15 is 0 Å². The molecule has 3 aromatic rings. The number of aryl methyl sites for hydroxylation is 1. The third-order valence-electron chi connectivity index (χ3n) is 7.45. The number of carboxylic acid groups (broad SMARTS) is 2. The number of likely N-dealkylation sites (N-methyl/N-ethyl adjacent to an activating group) is 1. The predicted molar refractivity (Wildman–Crippen MR) is 161 cm³/mol. The first-order valence-electron chi connectivity index (χ1n) is 13.9. The number of carbonyl (C=O) groups is 2. The molecule has 1 fully saturated rings. The first-order valence-corrected chi connectivity index (χ1v) is 14.7. The summed E-state index contributed by atoms with van der Waals surface area (Å²) in [5.41, 5.74) is 5.27. The van der Waals surface area contributed by atoms with Crippen LogP contribution in [0.15, 0.2) is 65.7 Å². The minimum Gasteiger partial charge on any atom is -0.481 e. The Bertz CT molecular complexity index is 1320. The van der Waals surface area contributed by atoms with Crippen molar-refractivity contribution in [3.8, 4) is 0 Å². The maximum Gasteiger partial charge on any atom is 0.303 e. The van der Waals surface area contributed by atoms with Crippen molar-refractivity contribution in [3.63, 3.8) is 0 Å². The summed E-state index contributed by atoms with van der Waals surface area (Å²) in [5.74, 6) is -0.416. The molecule has 8 heteroatoms. The average Bonchev–Trinajstić information content (AvgIpc) is 3.29. The highest BCUT2D eigenvalue weighted by Crippen LogP contribution is 2.37. The quantitative estimate of drug-likeness (QED) is 0.365. The van der Waals surface area contributed by atoms with Gasteiger partial charge in [0.15, 0.2) is 0 Å². The van der Waals surface area contributed by atoms with Gasteiger partial charge in [-0.1, -0.05) is 62.4 Å². The average molecular weight is 562 g/mol. The molecule has 40 heavy (non-hydrogen) atoms. The maximum absolute atomic E-state index is 9.64. The first kappa shape index (κ1) is 29.5. The predicted octanol–water partition coefficient (Wildman–Crippen LogP) is 6.04. The lowest BCUT2D eigenvalue weighted by atomic mass is 10.0. The Morgan fingerprint density at radius 2 is 1.68 bits per heavy atom. The zero-order valence-corrected chi connectivity index (χ0v) is 24.4. The van der Waals surface area contributed by atoms with Crippen molar-refractivity contribution in [1.29, 1.82) is 0 Å². The molecule has 0 radical (unpaired) electrons. The van der Waals surface area contributed by atoms with E-state index < -0.39 is 11.9 Å². The van der Waals surface area contributed by atoms with Crippen LogP contribution in [0.4, 0.5) is 5.69 Å². The maximum atomic E-state index is 9.64. The summed E-state index contributed by atoms with van der Waals surface area (Å²) in [6.07, 6.45) is 2.69. The van der Waals surface area contributed by atoms with E-state index in [1.165, 1.54) is 38.7 Å². The van der Waals surface area contributed by atoms with Gasteiger partial charge in [0, 0.05) is 47.4 Å². The Morgan fingerprint density at radius 1 is 1.00 bits per heavy atom. The van der Waals surface area contributed by atoms with Gasteiger partial charge in [0.1, 0.15) is 5.84 Å². The number of amidine groups is 1. The number of benzene rings is 2. The van der Waals surface area contributed by atoms with Gasteiger partial charge < -0.3 is 15.1 Å². The van der Waals surface area contributed by atoms with Crippen LogP contribution in [0.5, 0.6) is 0 Å². The van der Waals surface area contributed by atoms with Gasteiger partial charge in [-0.05, 0) is 49.1 Å². The van der Waals surface area contributed by atoms with Crippen LogP contribution in [0.1, 0.15) is 65.5 Å². The first-order chi connectivity index (χ1) is 19.2. The van der Waals surface area contributed by atoms with Crippen LogP contribution >= 0.6 is 11.3 Å². The third kappa shape index (κ3) is 7.79. The zero-order valence-electron chi connectivity index (χ0n) is 23.5. The number of rotatable bonds is 7. The van der Waals surface area contributed by atoms with Crippen LogP contribution in [0.25, 0.3) is 0 Å². The molecule has 0 spiro atoms. The van der Waals surface area contributed by atoms with Crippen molar-refractivity contribution in [3.05, 3.63) is 87.1 Å². The summed E-state index contributed by atoms with van der Waals surface area (Å²) >= 11 is 1.98. The molecule has 2 N–H and O–H groups in total. The zero-order chi connectivity index (χ0) is 28.6. The molecular formula is C32H39N3O4S. The van der Waals surface area contributed by atoms with Crippen molar-refractivity contribution < 1.29 is 19.8 Å². The number of nitrogens with zero attached hydrogens (tertiary/aromatic N) is 3. The van der Waals surface area contributed by atoms with Crippen LogP contribution in [0, 0.1) is 0 Å². The third-order valence-corrected chi connectivity index (χ3v) is 8.88. The number of hydrogen-bond acceptors (Lipinski definition) is 6. The molecule has 5 rings (SSSR count). The van der Waals surface area contributed by atoms with Gasteiger partial charge in [-0.25, -0.2) is 4.99 Å². The second-order valence-electron chi connectivity index (χ2n) is 10.8. The lowest BCUT2D eigenvalue weighted by molar-refractivity contribution is -0.143. The van der Waals surface area contributed by atoms with E-state index in [-0.39, 0.29) is 12.8 Å². The summed E-state index contributed by atoms with van der Waals surface area (Å²) in [6, 6.07) is 22.5. The standard InChI is InChI=1S/C28H33N3S.C4H6O4/c1-20(2)26-18-24-27(32-26)17-22-11-7-8-12-25(22)29-28(24)31-16-15-30(3)23(19-31)14-13-21-9-5-4-6-10-21;5-3(6)1-2-4(7)8/h4-12,18,20,23H,13-17,19H2,1-3H3;1-2H2,(H,5,6)(H,7,8)/t23-;/m0./s1. The van der Waals surface area contributed by atoms with Gasteiger partial charge in [-0.3, -0.25) is 14.5 Å². The number of fused-ring (bicyclic) bond motifs is 2. The highest BCUT2D eigenvalue weighted by molar-refractivity contribution is 7.12. The topological polar surface area (TPSA) is 93.4 Å². The Morgan fingerprint density at radius 3 is 2.35 bits per heavy atom. The van der Waals surface area contributed by atoms with Crippen LogP contribution < -0.4 is 0 Å². The number of aliphatic imine (C=N–C) groups is 1. The van der Waals surface area contributed by atoms with Crippen molar-refractivity contribution in [2.24, 2.45) is 4.99 Å². The molecular weight excluding hydrogens is 522 g/mol. The van der Waals surface area contributed by atoms with Crippen molar-refractivity contribution in [1.82, 2.24) is 9.80 Å². The monoisotopic (exact) mass is 561 g/mol. The number of hydrogen-bond donors (Lipinski definition) is 2. The molecule has 0 unspecified atom stereocenters. The van der Waals surface area contributed by atoms with E-state index in [1.54, 1.807) is 0 Å². The molecule has 212 valence electrons. The van der Waals surface area contributed by atoms with Gasteiger partial charge in [-0.2, -0.15) is 0 Å². The van der Waals surface area contributed by atoms with Crippen LogP contribution in [-0.4, -0.2) is 70.5 Å². The molecule has 0 amide bonds. The Balaban J connectivity index is 0.000000406. The van der Waals surface area contributed by atoms with Gasteiger partial charge in [0.05, 0.1) is 18.5 Å². The van der Waals surface area contributed by atoms with Crippen LogP contribution in [-0.2, 0) is 22.4 Å². The van der Waals surface area contributed by atoms with E-state index in [2.05, 4.69) is 91.4 Å². The molecule has 0 bridgehead atoms. The van der Waals surface area contributed by atoms with E-state index in [0.717, 1.165) is 38.2 Å². The summed E-state index contributed by atoms with van der Waals surface area (Å²) in [7, 11) is 2.28. The summed E-state index contributed by atoms with van der Waals surface area (Å²) < 4.78 is 0. The number of carboxylic acids is 2. The molecule has 1 saturated heterocycles. The number of thiophene rings is 1. The fourth-order valence-corrected chi connectivity index (χ4v) is 6.24. The Labute approximate surface area is 240 Å². The van der Waals surface area contributed by atoms with E-state index in [0.29, 0.717) is 12.0 Å². The minimum absolute atomic E-state index is 0.296. The van der Waals surface area contributed by atoms with Gasteiger partial charge in [0.2, 0.25) is 0 Å². The Hall–Kier alpha value is -3.49. The molecule has 2 aromatic carbocycles. The molecule has 3 heterocycles. The fraction of sp³-hybridized carbons (Fsp3) is 0.406. The van der Waals surface area contributed by atoms with E-state index in [4.69, 9.17) is 15.2 Å². The summed E-state index contributed by atoms with van der Waals surface area (Å²) in [5, 5.41) is 15.8. The summed E-state index contributed by atoms with van der Waals surface area (Å²) in [4.78, 5) is 32.6. The largest absolute Gasteiger partial charge is 0.481 e.